The molecule has 0 bridgehead atoms. The smallest absolute Gasteiger partial charge is 0.330 e. The van der Waals surface area contributed by atoms with Crippen LogP contribution < -0.4 is 20.7 Å². The van der Waals surface area contributed by atoms with E-state index in [-0.39, 0.29) is 23.7 Å². The van der Waals surface area contributed by atoms with Crippen molar-refractivity contribution in [1.29, 1.82) is 0 Å². The Morgan fingerprint density at radius 2 is 2.05 bits per heavy atom. The molecular weight excluding hydrogens is 333 g/mol. The average molecular weight is 344 g/mol. The number of hydrogen-bond acceptors (Lipinski definition) is 7. The molecule has 9 heteroatoms. The highest BCUT2D eigenvalue weighted by Crippen LogP contribution is 2.29. The van der Waals surface area contributed by atoms with Crippen LogP contribution in [0.3, 0.4) is 0 Å². The number of nitrogen functional groups attached to an aromatic ring is 1. The van der Waals surface area contributed by atoms with E-state index in [0.717, 1.165) is 0 Å². The third-order valence-corrected chi connectivity index (χ3v) is 2.75. The number of nitrogens with zero attached hydrogens (tertiary/aromatic N) is 3. The van der Waals surface area contributed by atoms with Crippen molar-refractivity contribution in [2.75, 3.05) is 12.0 Å². The molecule has 0 radical (unpaired) electrons. The Balaban J connectivity index is 2.32. The van der Waals surface area contributed by atoms with E-state index in [2.05, 4.69) is 36.3 Å². The molecular formula is C11H11BrFN5O2. The van der Waals surface area contributed by atoms with E-state index < -0.39 is 5.82 Å². The number of aromatic nitrogens is 3. The van der Waals surface area contributed by atoms with Gasteiger partial charge in [0.15, 0.2) is 0 Å². The van der Waals surface area contributed by atoms with Gasteiger partial charge >= 0.3 is 12.0 Å². The molecule has 0 saturated heterocycles. The predicted octanol–water partition coefficient (Wildman–Crippen LogP) is 2.25. The molecule has 3 N–H and O–H groups in total. The molecule has 106 valence electrons. The first-order valence-electron chi connectivity index (χ1n) is 5.60. The zero-order chi connectivity index (χ0) is 14.5. The summed E-state index contributed by atoms with van der Waals surface area (Å²) in [6.07, 6.45) is 0. The zero-order valence-corrected chi connectivity index (χ0v) is 12.0. The zero-order valence-electron chi connectivity index (χ0n) is 10.4. The number of nitrogens with one attached hydrogen (secondary N) is 1. The topological polar surface area (TPSA) is 95.2 Å². The molecule has 0 aliphatic heterocycles. The van der Waals surface area contributed by atoms with Crippen LogP contribution >= 0.6 is 15.9 Å². The van der Waals surface area contributed by atoms with Crippen LogP contribution in [0.1, 0.15) is 6.92 Å². The van der Waals surface area contributed by atoms with Crippen molar-refractivity contribution in [1.82, 2.24) is 15.0 Å². The number of halogens is 2. The Hall–Kier alpha value is -2.00. The van der Waals surface area contributed by atoms with E-state index in [9.17, 15) is 4.39 Å². The van der Waals surface area contributed by atoms with Gasteiger partial charge in [0.05, 0.1) is 11.1 Å². The van der Waals surface area contributed by atoms with Crippen LogP contribution in [0, 0.1) is 5.82 Å². The van der Waals surface area contributed by atoms with Gasteiger partial charge in [0.25, 0.3) is 0 Å². The van der Waals surface area contributed by atoms with Gasteiger partial charge in [0.1, 0.15) is 11.6 Å². The summed E-state index contributed by atoms with van der Waals surface area (Å²) in [7, 11) is 0. The van der Waals surface area contributed by atoms with Crippen molar-refractivity contribution in [3.8, 4) is 17.8 Å². The molecule has 0 fully saturated rings. The summed E-state index contributed by atoms with van der Waals surface area (Å²) in [5.41, 5.74) is 2.27. The highest BCUT2D eigenvalue weighted by molar-refractivity contribution is 9.10. The lowest BCUT2D eigenvalue weighted by Crippen LogP contribution is -2.12. The number of anilines is 1. The third kappa shape index (κ3) is 3.52. The molecule has 0 aliphatic rings. The predicted molar refractivity (Wildman–Crippen MR) is 73.0 cm³/mol. The normalized spacial score (nSPS) is 10.2. The second-order valence-corrected chi connectivity index (χ2v) is 4.33. The van der Waals surface area contributed by atoms with Crippen molar-refractivity contribution >= 4 is 21.9 Å². The molecule has 1 aromatic heterocycles. The Morgan fingerprint density at radius 1 is 1.30 bits per heavy atom. The van der Waals surface area contributed by atoms with Gasteiger partial charge in [-0.25, -0.2) is 10.2 Å². The van der Waals surface area contributed by atoms with Crippen molar-refractivity contribution in [3.63, 3.8) is 0 Å². The number of hydrazine groups is 1. The summed E-state index contributed by atoms with van der Waals surface area (Å²) in [5.74, 6) is 5.10. The lowest BCUT2D eigenvalue weighted by atomic mass is 10.3. The Morgan fingerprint density at radius 3 is 2.75 bits per heavy atom. The van der Waals surface area contributed by atoms with Gasteiger partial charge in [-0.05, 0) is 35.0 Å². The molecule has 2 rings (SSSR count). The van der Waals surface area contributed by atoms with Gasteiger partial charge in [-0.3, -0.25) is 5.43 Å². The first kappa shape index (κ1) is 14.4. The number of nitrogens with two attached hydrogens (primary N) is 1. The quantitative estimate of drug-likeness (QED) is 0.634. The fraction of sp³-hybridized carbons (Fsp3) is 0.182. The molecule has 1 heterocycles. The monoisotopic (exact) mass is 343 g/mol. The minimum absolute atomic E-state index is 0.0537. The van der Waals surface area contributed by atoms with Crippen LogP contribution in [-0.4, -0.2) is 21.6 Å². The average Bonchev–Trinajstić information content (AvgIpc) is 2.43. The Kier molecular flexibility index (Phi) is 4.64. The van der Waals surface area contributed by atoms with Gasteiger partial charge in [0, 0.05) is 6.07 Å². The summed E-state index contributed by atoms with van der Waals surface area (Å²) in [6.45, 7) is 2.15. The maximum absolute atomic E-state index is 13.2. The number of hydrogen-bond donors (Lipinski definition) is 2. The van der Waals surface area contributed by atoms with Crippen molar-refractivity contribution in [3.05, 3.63) is 28.5 Å². The largest absolute Gasteiger partial charge is 0.464 e. The molecule has 1 aromatic carbocycles. The molecule has 0 atom stereocenters. The van der Waals surface area contributed by atoms with Crippen LogP contribution in [0.25, 0.3) is 0 Å². The summed E-state index contributed by atoms with van der Waals surface area (Å²) in [5, 5.41) is 0. The molecule has 7 nitrogen and oxygen atoms in total. The Bertz CT molecular complexity index is 613. The number of ether oxygens (including phenoxy) is 2. The Labute approximate surface area is 122 Å². The van der Waals surface area contributed by atoms with E-state index in [1.807, 2.05) is 0 Å². The lowest BCUT2D eigenvalue weighted by Gasteiger charge is -2.08. The van der Waals surface area contributed by atoms with Crippen molar-refractivity contribution in [2.45, 2.75) is 6.92 Å². The number of rotatable bonds is 5. The van der Waals surface area contributed by atoms with E-state index in [4.69, 9.17) is 15.3 Å². The molecule has 0 spiro atoms. The first-order chi connectivity index (χ1) is 9.62. The second-order valence-electron chi connectivity index (χ2n) is 3.48. The number of benzene rings is 1. The molecule has 0 unspecified atom stereocenters. The third-order valence-electron chi connectivity index (χ3n) is 2.09. The summed E-state index contributed by atoms with van der Waals surface area (Å²) >= 11 is 3.24. The SMILES string of the molecule is CCOc1nc(NN)nc(Oc2cc(F)ccc2Br)n1. The van der Waals surface area contributed by atoms with E-state index in [1.54, 1.807) is 6.92 Å². The molecule has 0 saturated carbocycles. The van der Waals surface area contributed by atoms with Crippen LogP contribution in [0.2, 0.25) is 0 Å². The standard InChI is InChI=1S/C11H11BrFN5O2/c1-2-19-10-15-9(18-14)16-11(17-10)20-8-5-6(13)3-4-7(8)12/h3-5H,2,14H2,1H3,(H,15,16,17,18). The van der Waals surface area contributed by atoms with E-state index >= 15 is 0 Å². The lowest BCUT2D eigenvalue weighted by molar-refractivity contribution is 0.303. The van der Waals surface area contributed by atoms with Crippen LogP contribution in [0.15, 0.2) is 22.7 Å². The van der Waals surface area contributed by atoms with Gasteiger partial charge < -0.3 is 9.47 Å². The van der Waals surface area contributed by atoms with E-state index in [1.165, 1.54) is 18.2 Å². The fourth-order valence-corrected chi connectivity index (χ4v) is 1.62. The fourth-order valence-electron chi connectivity index (χ4n) is 1.30. The minimum atomic E-state index is -0.445. The van der Waals surface area contributed by atoms with Crippen molar-refractivity contribution < 1.29 is 13.9 Å². The van der Waals surface area contributed by atoms with Gasteiger partial charge in [-0.15, -0.1) is 4.98 Å². The molecule has 0 aliphatic carbocycles. The van der Waals surface area contributed by atoms with E-state index in [0.29, 0.717) is 11.1 Å². The summed E-state index contributed by atoms with van der Waals surface area (Å²) in [6, 6.07) is 3.99. The summed E-state index contributed by atoms with van der Waals surface area (Å²) in [4.78, 5) is 11.7. The maximum Gasteiger partial charge on any atom is 0.330 e. The van der Waals surface area contributed by atoms with Crippen LogP contribution in [-0.2, 0) is 0 Å². The molecule has 0 amide bonds. The second kappa shape index (κ2) is 6.44. The highest BCUT2D eigenvalue weighted by Gasteiger charge is 2.11. The van der Waals surface area contributed by atoms with Gasteiger partial charge in [-0.2, -0.15) is 9.97 Å². The van der Waals surface area contributed by atoms with Crippen molar-refractivity contribution in [2.24, 2.45) is 5.84 Å². The van der Waals surface area contributed by atoms with Crippen LogP contribution in [0.5, 0.6) is 17.8 Å². The van der Waals surface area contributed by atoms with Gasteiger partial charge in [0.2, 0.25) is 5.95 Å². The molecule has 2 aromatic rings. The van der Waals surface area contributed by atoms with Crippen LogP contribution in [0.4, 0.5) is 10.3 Å². The molecule has 20 heavy (non-hydrogen) atoms. The highest BCUT2D eigenvalue weighted by atomic mass is 79.9. The maximum atomic E-state index is 13.2. The first-order valence-corrected chi connectivity index (χ1v) is 6.40. The summed E-state index contributed by atoms with van der Waals surface area (Å²) < 4.78 is 24.3. The van der Waals surface area contributed by atoms with Gasteiger partial charge in [-0.1, -0.05) is 0 Å². The minimum Gasteiger partial charge on any atom is -0.464 e.